The Labute approximate surface area is 161 Å². The smallest absolute Gasteiger partial charge is 0.138 e. The lowest BCUT2D eigenvalue weighted by atomic mass is 10.1. The highest BCUT2D eigenvalue weighted by atomic mass is 15.2. The molecule has 1 fully saturated rings. The molecule has 140 valence electrons. The van der Waals surface area contributed by atoms with Crippen LogP contribution >= 0.6 is 0 Å². The van der Waals surface area contributed by atoms with E-state index in [0.29, 0.717) is 6.04 Å². The highest BCUT2D eigenvalue weighted by Crippen LogP contribution is 2.31. The van der Waals surface area contributed by atoms with Crippen LogP contribution in [0.15, 0.2) is 60.9 Å². The lowest BCUT2D eigenvalue weighted by Gasteiger charge is -2.24. The quantitative estimate of drug-likeness (QED) is 0.617. The van der Waals surface area contributed by atoms with E-state index in [1.54, 1.807) is 0 Å². The van der Waals surface area contributed by atoms with Gasteiger partial charge in [-0.3, -0.25) is 9.47 Å². The summed E-state index contributed by atoms with van der Waals surface area (Å²) in [7, 11) is 0. The van der Waals surface area contributed by atoms with Crippen molar-refractivity contribution in [2.45, 2.75) is 45.1 Å². The van der Waals surface area contributed by atoms with Gasteiger partial charge >= 0.3 is 0 Å². The number of likely N-dealkylation sites (tertiary alicyclic amines) is 1. The van der Waals surface area contributed by atoms with E-state index in [-0.39, 0.29) is 0 Å². The van der Waals surface area contributed by atoms with Crippen molar-refractivity contribution in [2.24, 2.45) is 0 Å². The summed E-state index contributed by atoms with van der Waals surface area (Å²) in [5.74, 6) is 2.05. The molecule has 0 N–H and O–H groups in total. The fourth-order valence-corrected chi connectivity index (χ4v) is 4.12. The van der Waals surface area contributed by atoms with Crippen molar-refractivity contribution in [1.82, 2.24) is 19.4 Å². The van der Waals surface area contributed by atoms with E-state index < -0.39 is 0 Å². The Morgan fingerprint density at radius 3 is 2.81 bits per heavy atom. The zero-order valence-electron chi connectivity index (χ0n) is 16.1. The average molecular weight is 361 g/mol. The molecule has 0 unspecified atom stereocenters. The lowest BCUT2D eigenvalue weighted by molar-refractivity contribution is 0.250. The van der Waals surface area contributed by atoms with Crippen molar-refractivity contribution in [2.75, 3.05) is 13.1 Å². The Balaban J connectivity index is 1.45. The van der Waals surface area contributed by atoms with Gasteiger partial charge in [-0.05, 0) is 56.5 Å². The fraction of sp³-hybridized carbons (Fsp3) is 0.391. The van der Waals surface area contributed by atoms with Crippen LogP contribution in [0.2, 0.25) is 0 Å². The molecule has 0 saturated carbocycles. The van der Waals surface area contributed by atoms with Crippen LogP contribution in [0.25, 0.3) is 5.82 Å². The maximum atomic E-state index is 5.00. The second-order valence-corrected chi connectivity index (χ2v) is 7.27. The van der Waals surface area contributed by atoms with E-state index in [1.807, 2.05) is 12.4 Å². The molecule has 0 radical (unpaired) electrons. The first-order chi connectivity index (χ1) is 13.3. The summed E-state index contributed by atoms with van der Waals surface area (Å²) in [4.78, 5) is 12.1. The first-order valence-electron chi connectivity index (χ1n) is 10.1. The molecule has 3 heterocycles. The summed E-state index contributed by atoms with van der Waals surface area (Å²) in [6, 6.07) is 17.6. The number of pyridine rings is 1. The molecule has 0 spiro atoms. The van der Waals surface area contributed by atoms with Crippen LogP contribution < -0.4 is 0 Å². The van der Waals surface area contributed by atoms with Gasteiger partial charge in [-0.1, -0.05) is 43.3 Å². The number of benzene rings is 1. The molecule has 0 aliphatic carbocycles. The van der Waals surface area contributed by atoms with Crippen LogP contribution in [0, 0.1) is 0 Å². The van der Waals surface area contributed by atoms with E-state index in [9.17, 15) is 0 Å². The molecule has 2 aromatic heterocycles. The van der Waals surface area contributed by atoms with E-state index in [2.05, 4.69) is 69.9 Å². The summed E-state index contributed by atoms with van der Waals surface area (Å²) in [5, 5.41) is 0. The van der Waals surface area contributed by atoms with Gasteiger partial charge in [0, 0.05) is 18.8 Å². The molecule has 0 bridgehead atoms. The third-order valence-corrected chi connectivity index (χ3v) is 5.50. The van der Waals surface area contributed by atoms with Crippen molar-refractivity contribution < 1.29 is 0 Å². The zero-order valence-corrected chi connectivity index (χ0v) is 16.1. The van der Waals surface area contributed by atoms with E-state index in [4.69, 9.17) is 4.98 Å². The summed E-state index contributed by atoms with van der Waals surface area (Å²) >= 11 is 0. The van der Waals surface area contributed by atoms with Crippen LogP contribution in [0.4, 0.5) is 0 Å². The number of nitrogens with zero attached hydrogens (tertiary/aromatic N) is 4. The summed E-state index contributed by atoms with van der Waals surface area (Å²) < 4.78 is 2.11. The second-order valence-electron chi connectivity index (χ2n) is 7.27. The first kappa shape index (κ1) is 17.9. The van der Waals surface area contributed by atoms with Crippen molar-refractivity contribution in [3.8, 4) is 5.82 Å². The standard InChI is InChI=1S/C23H28N4/c1-2-22-24-15-18-27(22)23-14-6-12-20(25-23)21-13-8-17-26(21)16-7-11-19-9-4-3-5-10-19/h3-6,9-10,12,14-15,18,21H,2,7-8,11,13,16-17H2,1H3/t21-/m1/s1. The van der Waals surface area contributed by atoms with Gasteiger partial charge in [-0.25, -0.2) is 9.97 Å². The highest BCUT2D eigenvalue weighted by molar-refractivity contribution is 5.28. The Morgan fingerprint density at radius 2 is 1.96 bits per heavy atom. The Morgan fingerprint density at radius 1 is 1.07 bits per heavy atom. The minimum Gasteiger partial charge on any atom is -0.295 e. The number of hydrogen-bond acceptors (Lipinski definition) is 3. The van der Waals surface area contributed by atoms with E-state index >= 15 is 0 Å². The van der Waals surface area contributed by atoms with Crippen LogP contribution in [-0.4, -0.2) is 32.5 Å². The molecule has 1 saturated heterocycles. The van der Waals surface area contributed by atoms with Gasteiger partial charge in [-0.15, -0.1) is 0 Å². The minimum absolute atomic E-state index is 0.439. The average Bonchev–Trinajstić information content (AvgIpc) is 3.38. The summed E-state index contributed by atoms with van der Waals surface area (Å²) in [6.07, 6.45) is 9.58. The van der Waals surface area contributed by atoms with Gasteiger partial charge in [0.05, 0.1) is 11.7 Å². The maximum Gasteiger partial charge on any atom is 0.138 e. The van der Waals surface area contributed by atoms with Gasteiger partial charge in [0.2, 0.25) is 0 Å². The molecular weight excluding hydrogens is 332 g/mol. The lowest BCUT2D eigenvalue weighted by Crippen LogP contribution is -2.25. The second kappa shape index (κ2) is 8.49. The molecule has 1 aromatic carbocycles. The van der Waals surface area contributed by atoms with Gasteiger partial charge in [0.25, 0.3) is 0 Å². The summed E-state index contributed by atoms with van der Waals surface area (Å²) in [5.41, 5.74) is 2.63. The molecule has 27 heavy (non-hydrogen) atoms. The van der Waals surface area contributed by atoms with Crippen molar-refractivity contribution >= 4 is 0 Å². The topological polar surface area (TPSA) is 34.0 Å². The Hall–Kier alpha value is -2.46. The zero-order chi connectivity index (χ0) is 18.5. The Kier molecular flexibility index (Phi) is 5.64. The third kappa shape index (κ3) is 4.11. The summed E-state index contributed by atoms with van der Waals surface area (Å²) in [6.45, 7) is 4.45. The van der Waals surface area contributed by atoms with E-state index in [0.717, 1.165) is 31.0 Å². The van der Waals surface area contributed by atoms with Crippen LogP contribution in [-0.2, 0) is 12.8 Å². The SMILES string of the molecule is CCc1nccn1-c1cccc([C@H]2CCCN2CCCc2ccccc2)n1. The molecular formula is C23H28N4. The molecule has 1 aliphatic heterocycles. The van der Waals surface area contributed by atoms with Gasteiger partial charge in [0.15, 0.2) is 0 Å². The minimum atomic E-state index is 0.439. The number of rotatable bonds is 7. The molecule has 1 atom stereocenters. The first-order valence-corrected chi connectivity index (χ1v) is 10.1. The largest absolute Gasteiger partial charge is 0.295 e. The predicted molar refractivity (Wildman–Crippen MR) is 109 cm³/mol. The molecule has 4 nitrogen and oxygen atoms in total. The van der Waals surface area contributed by atoms with Crippen LogP contribution in [0.5, 0.6) is 0 Å². The van der Waals surface area contributed by atoms with Gasteiger partial charge in [-0.2, -0.15) is 0 Å². The molecule has 4 rings (SSSR count). The van der Waals surface area contributed by atoms with Crippen LogP contribution in [0.1, 0.15) is 49.3 Å². The number of imidazole rings is 1. The third-order valence-electron chi connectivity index (χ3n) is 5.50. The highest BCUT2D eigenvalue weighted by Gasteiger charge is 2.26. The molecule has 4 heteroatoms. The molecule has 3 aromatic rings. The van der Waals surface area contributed by atoms with Gasteiger partial charge < -0.3 is 0 Å². The predicted octanol–water partition coefficient (Wildman–Crippen LogP) is 4.60. The molecule has 1 aliphatic rings. The number of aryl methyl sites for hydroxylation is 2. The van der Waals surface area contributed by atoms with Crippen molar-refractivity contribution in [3.05, 3.63) is 78.0 Å². The van der Waals surface area contributed by atoms with Gasteiger partial charge in [0.1, 0.15) is 11.6 Å². The normalized spacial score (nSPS) is 17.4. The monoisotopic (exact) mass is 360 g/mol. The van der Waals surface area contributed by atoms with E-state index in [1.165, 1.54) is 37.1 Å². The fourth-order valence-electron chi connectivity index (χ4n) is 4.12. The van der Waals surface area contributed by atoms with Crippen LogP contribution in [0.3, 0.4) is 0 Å². The van der Waals surface area contributed by atoms with Crippen molar-refractivity contribution in [1.29, 1.82) is 0 Å². The Bertz CT molecular complexity index is 856. The number of hydrogen-bond donors (Lipinski definition) is 0. The molecule has 0 amide bonds. The maximum absolute atomic E-state index is 5.00. The number of aromatic nitrogens is 3. The van der Waals surface area contributed by atoms with Crippen molar-refractivity contribution in [3.63, 3.8) is 0 Å².